The van der Waals surface area contributed by atoms with E-state index in [0.717, 1.165) is 19.5 Å². The summed E-state index contributed by atoms with van der Waals surface area (Å²) in [5.41, 5.74) is 0. The fourth-order valence-corrected chi connectivity index (χ4v) is 1.86. The molecule has 1 rings (SSSR count). The van der Waals surface area contributed by atoms with E-state index < -0.39 is 0 Å². The van der Waals surface area contributed by atoms with Crippen LogP contribution in [0.1, 0.15) is 27.2 Å². The average molecular weight is 157 g/mol. The molecule has 0 saturated carbocycles. The van der Waals surface area contributed by atoms with Gasteiger partial charge in [0.05, 0.1) is 6.10 Å². The molecule has 1 aliphatic rings. The molecule has 0 aromatic rings. The van der Waals surface area contributed by atoms with Crippen molar-refractivity contribution in [3.05, 3.63) is 0 Å². The normalized spacial score (nSPS) is 40.9. The second kappa shape index (κ2) is 3.55. The Hall–Kier alpha value is -0.0800. The maximum absolute atomic E-state index is 9.53. The van der Waals surface area contributed by atoms with Crippen LogP contribution in [-0.4, -0.2) is 35.2 Å². The summed E-state index contributed by atoms with van der Waals surface area (Å²) in [6, 6.07) is 0.545. The second-order valence-corrected chi connectivity index (χ2v) is 3.58. The third-order valence-electron chi connectivity index (χ3n) is 3.06. The molecule has 3 atom stereocenters. The monoisotopic (exact) mass is 157 g/mol. The Bertz CT molecular complexity index is 125. The molecule has 1 heterocycles. The van der Waals surface area contributed by atoms with Gasteiger partial charge in [-0.05, 0) is 25.8 Å². The average Bonchev–Trinajstić information content (AvgIpc) is 2.01. The quantitative estimate of drug-likeness (QED) is 0.616. The zero-order valence-corrected chi connectivity index (χ0v) is 7.75. The van der Waals surface area contributed by atoms with Crippen molar-refractivity contribution in [2.45, 2.75) is 39.3 Å². The minimum atomic E-state index is -0.0761. The second-order valence-electron chi connectivity index (χ2n) is 3.58. The zero-order valence-electron chi connectivity index (χ0n) is 7.75. The molecule has 11 heavy (non-hydrogen) atoms. The lowest BCUT2D eigenvalue weighted by atomic mass is 9.89. The first kappa shape index (κ1) is 9.01. The fraction of sp³-hybridized carbons (Fsp3) is 1.00. The molecule has 0 radical (unpaired) electrons. The number of hydrogen-bond acceptors (Lipinski definition) is 2. The van der Waals surface area contributed by atoms with Crippen LogP contribution in [0.25, 0.3) is 0 Å². The van der Waals surface area contributed by atoms with Crippen molar-refractivity contribution in [3.8, 4) is 0 Å². The van der Waals surface area contributed by atoms with Gasteiger partial charge < -0.3 is 10.0 Å². The Kier molecular flexibility index (Phi) is 2.90. The predicted molar refractivity (Wildman–Crippen MR) is 46.5 cm³/mol. The molecule has 1 fully saturated rings. The molecule has 0 aromatic heterocycles. The summed E-state index contributed by atoms with van der Waals surface area (Å²) in [5.74, 6) is 0.434. The van der Waals surface area contributed by atoms with Gasteiger partial charge in [0.15, 0.2) is 0 Å². The molecule has 0 aromatic carbocycles. The van der Waals surface area contributed by atoms with Crippen molar-refractivity contribution in [3.63, 3.8) is 0 Å². The third kappa shape index (κ3) is 1.74. The summed E-state index contributed by atoms with van der Waals surface area (Å²) >= 11 is 0. The van der Waals surface area contributed by atoms with Gasteiger partial charge in [0.2, 0.25) is 0 Å². The number of hydrogen-bond donors (Lipinski definition) is 1. The molecular formula is C9H19NO. The van der Waals surface area contributed by atoms with Gasteiger partial charge in [0.1, 0.15) is 0 Å². The van der Waals surface area contributed by atoms with Gasteiger partial charge in [-0.3, -0.25) is 0 Å². The van der Waals surface area contributed by atoms with Crippen molar-refractivity contribution in [1.82, 2.24) is 4.90 Å². The molecule has 0 spiro atoms. The summed E-state index contributed by atoms with van der Waals surface area (Å²) < 4.78 is 0. The lowest BCUT2D eigenvalue weighted by Crippen LogP contribution is -2.48. The van der Waals surface area contributed by atoms with Crippen LogP contribution in [0, 0.1) is 5.92 Å². The highest BCUT2D eigenvalue weighted by atomic mass is 16.3. The van der Waals surface area contributed by atoms with E-state index in [9.17, 15) is 5.11 Å². The lowest BCUT2D eigenvalue weighted by Gasteiger charge is -2.40. The number of aliphatic hydroxyl groups excluding tert-OH is 1. The minimum absolute atomic E-state index is 0.0761. The summed E-state index contributed by atoms with van der Waals surface area (Å²) in [4.78, 5) is 2.43. The topological polar surface area (TPSA) is 23.5 Å². The van der Waals surface area contributed by atoms with E-state index in [4.69, 9.17) is 0 Å². The standard InChI is InChI=1S/C9H19NO/c1-4-10-6-5-9(11)7(2)8(10)3/h7-9,11H,4-6H2,1-3H3/t7-,8+,9+/m1/s1. The Balaban J connectivity index is 2.52. The Morgan fingerprint density at radius 1 is 1.45 bits per heavy atom. The van der Waals surface area contributed by atoms with Crippen LogP contribution in [0.2, 0.25) is 0 Å². The van der Waals surface area contributed by atoms with Gasteiger partial charge in [-0.15, -0.1) is 0 Å². The van der Waals surface area contributed by atoms with Crippen molar-refractivity contribution >= 4 is 0 Å². The van der Waals surface area contributed by atoms with Gasteiger partial charge in [-0.1, -0.05) is 13.8 Å². The van der Waals surface area contributed by atoms with Crippen molar-refractivity contribution in [2.24, 2.45) is 5.92 Å². The highest BCUT2D eigenvalue weighted by Crippen LogP contribution is 2.22. The van der Waals surface area contributed by atoms with Crippen LogP contribution in [0.3, 0.4) is 0 Å². The molecule has 1 aliphatic heterocycles. The van der Waals surface area contributed by atoms with E-state index in [-0.39, 0.29) is 6.10 Å². The van der Waals surface area contributed by atoms with E-state index >= 15 is 0 Å². The number of piperidine rings is 1. The van der Waals surface area contributed by atoms with Crippen LogP contribution in [0.4, 0.5) is 0 Å². The molecule has 1 saturated heterocycles. The van der Waals surface area contributed by atoms with Crippen LogP contribution >= 0.6 is 0 Å². The van der Waals surface area contributed by atoms with Gasteiger partial charge in [0, 0.05) is 12.6 Å². The maximum Gasteiger partial charge on any atom is 0.0592 e. The third-order valence-corrected chi connectivity index (χ3v) is 3.06. The van der Waals surface area contributed by atoms with Gasteiger partial charge in [-0.25, -0.2) is 0 Å². The first-order chi connectivity index (χ1) is 5.16. The fourth-order valence-electron chi connectivity index (χ4n) is 1.86. The van der Waals surface area contributed by atoms with Crippen LogP contribution in [0.5, 0.6) is 0 Å². The van der Waals surface area contributed by atoms with E-state index in [1.54, 1.807) is 0 Å². The Morgan fingerprint density at radius 2 is 2.09 bits per heavy atom. The highest BCUT2D eigenvalue weighted by Gasteiger charge is 2.29. The largest absolute Gasteiger partial charge is 0.393 e. The lowest BCUT2D eigenvalue weighted by molar-refractivity contribution is 0.000891. The SMILES string of the molecule is CCN1CC[C@H](O)[C@H](C)[C@@H]1C. The Labute approximate surface area is 69.2 Å². The molecule has 0 unspecified atom stereocenters. The highest BCUT2D eigenvalue weighted by molar-refractivity contribution is 4.83. The molecule has 0 amide bonds. The van der Waals surface area contributed by atoms with E-state index in [1.165, 1.54) is 0 Å². The van der Waals surface area contributed by atoms with E-state index in [2.05, 4.69) is 25.7 Å². The summed E-state index contributed by atoms with van der Waals surface area (Å²) in [5, 5.41) is 9.53. The molecule has 1 N–H and O–H groups in total. The number of nitrogens with zero attached hydrogens (tertiary/aromatic N) is 1. The first-order valence-corrected chi connectivity index (χ1v) is 4.59. The smallest absolute Gasteiger partial charge is 0.0592 e. The van der Waals surface area contributed by atoms with Crippen LogP contribution in [-0.2, 0) is 0 Å². The molecule has 66 valence electrons. The summed E-state index contributed by atoms with van der Waals surface area (Å²) in [7, 11) is 0. The molecule has 0 bridgehead atoms. The molecule has 2 nitrogen and oxygen atoms in total. The molecular weight excluding hydrogens is 138 g/mol. The predicted octanol–water partition coefficient (Wildman–Crippen LogP) is 1.10. The van der Waals surface area contributed by atoms with E-state index in [0.29, 0.717) is 12.0 Å². The van der Waals surface area contributed by atoms with E-state index in [1.807, 2.05) is 0 Å². The number of likely N-dealkylation sites (tertiary alicyclic amines) is 1. The van der Waals surface area contributed by atoms with Gasteiger partial charge >= 0.3 is 0 Å². The summed E-state index contributed by atoms with van der Waals surface area (Å²) in [6.07, 6.45) is 0.868. The van der Waals surface area contributed by atoms with Gasteiger partial charge in [-0.2, -0.15) is 0 Å². The maximum atomic E-state index is 9.53. The first-order valence-electron chi connectivity index (χ1n) is 4.59. The Morgan fingerprint density at radius 3 is 2.64 bits per heavy atom. The number of rotatable bonds is 1. The van der Waals surface area contributed by atoms with Crippen LogP contribution in [0.15, 0.2) is 0 Å². The molecule has 2 heteroatoms. The van der Waals surface area contributed by atoms with Crippen molar-refractivity contribution in [2.75, 3.05) is 13.1 Å². The minimum Gasteiger partial charge on any atom is -0.393 e. The van der Waals surface area contributed by atoms with Gasteiger partial charge in [0.25, 0.3) is 0 Å². The van der Waals surface area contributed by atoms with Crippen LogP contribution < -0.4 is 0 Å². The van der Waals surface area contributed by atoms with Crippen molar-refractivity contribution in [1.29, 1.82) is 0 Å². The number of aliphatic hydroxyl groups is 1. The zero-order chi connectivity index (χ0) is 8.43. The molecule has 0 aliphatic carbocycles. The summed E-state index contributed by atoms with van der Waals surface area (Å²) in [6.45, 7) is 8.69. The van der Waals surface area contributed by atoms with Crippen molar-refractivity contribution < 1.29 is 5.11 Å².